The fraction of sp³-hybridized carbons (Fsp3) is 0.500. The summed E-state index contributed by atoms with van der Waals surface area (Å²) in [6.07, 6.45) is 3.83. The van der Waals surface area contributed by atoms with Crippen LogP contribution in [-0.4, -0.2) is 22.4 Å². The summed E-state index contributed by atoms with van der Waals surface area (Å²) in [6.45, 7) is 2.61. The molecule has 15 heavy (non-hydrogen) atoms. The second kappa shape index (κ2) is 5.95. The predicted octanol–water partition coefficient (Wildman–Crippen LogP) is 0.716. The van der Waals surface area contributed by atoms with Crippen LogP contribution in [-0.2, 0) is 11.2 Å². The van der Waals surface area contributed by atoms with E-state index in [0.29, 0.717) is 13.0 Å². The summed E-state index contributed by atoms with van der Waals surface area (Å²) < 4.78 is 0. The van der Waals surface area contributed by atoms with Gasteiger partial charge in [0.25, 0.3) is 0 Å². The van der Waals surface area contributed by atoms with Crippen LogP contribution >= 0.6 is 0 Å². The average molecular weight is 208 g/mol. The van der Waals surface area contributed by atoms with Crippen molar-refractivity contribution in [3.8, 4) is 0 Å². The molecule has 0 aromatic carbocycles. The van der Waals surface area contributed by atoms with Gasteiger partial charge in [0.1, 0.15) is 12.1 Å². The van der Waals surface area contributed by atoms with E-state index in [1.165, 1.54) is 6.33 Å². The van der Waals surface area contributed by atoms with Gasteiger partial charge in [-0.25, -0.2) is 9.97 Å². The molecule has 0 bridgehead atoms. The predicted molar refractivity (Wildman–Crippen MR) is 58.3 cm³/mol. The number of carbonyl (C=O) groups is 1. The van der Waals surface area contributed by atoms with Crippen molar-refractivity contribution < 1.29 is 4.79 Å². The maximum Gasteiger partial charge on any atom is 0.219 e. The first-order valence-corrected chi connectivity index (χ1v) is 5.05. The summed E-state index contributed by atoms with van der Waals surface area (Å²) in [5.74, 6) is 0.431. The summed E-state index contributed by atoms with van der Waals surface area (Å²) in [7, 11) is 0. The maximum atomic E-state index is 10.5. The van der Waals surface area contributed by atoms with E-state index >= 15 is 0 Å². The molecule has 0 fully saturated rings. The van der Waals surface area contributed by atoms with E-state index in [2.05, 4.69) is 22.2 Å². The normalized spacial score (nSPS) is 9.93. The molecule has 1 amide bonds. The fourth-order valence-corrected chi connectivity index (χ4v) is 1.20. The quantitative estimate of drug-likeness (QED) is 0.721. The molecular weight excluding hydrogens is 192 g/mol. The van der Waals surface area contributed by atoms with Crippen LogP contribution in [0.5, 0.6) is 0 Å². The topological polar surface area (TPSA) is 80.9 Å². The van der Waals surface area contributed by atoms with Gasteiger partial charge in [0.2, 0.25) is 5.91 Å². The molecule has 1 aromatic heterocycles. The minimum absolute atomic E-state index is 0.313. The van der Waals surface area contributed by atoms with Crippen LogP contribution in [0.1, 0.15) is 25.5 Å². The molecule has 1 heterocycles. The first-order valence-electron chi connectivity index (χ1n) is 5.05. The van der Waals surface area contributed by atoms with Gasteiger partial charge in [0, 0.05) is 24.7 Å². The molecule has 0 unspecified atom stereocenters. The van der Waals surface area contributed by atoms with Crippen molar-refractivity contribution >= 4 is 11.7 Å². The van der Waals surface area contributed by atoms with E-state index in [9.17, 15) is 4.79 Å². The second-order valence-electron chi connectivity index (χ2n) is 3.29. The number of aromatic nitrogens is 2. The van der Waals surface area contributed by atoms with E-state index in [1.807, 2.05) is 6.07 Å². The van der Waals surface area contributed by atoms with Gasteiger partial charge >= 0.3 is 0 Å². The molecule has 1 rings (SSSR count). The average Bonchev–Trinajstić information content (AvgIpc) is 2.18. The Morgan fingerprint density at radius 2 is 2.33 bits per heavy atom. The van der Waals surface area contributed by atoms with Crippen molar-refractivity contribution in [2.45, 2.75) is 26.2 Å². The highest BCUT2D eigenvalue weighted by molar-refractivity contribution is 5.74. The monoisotopic (exact) mass is 208 g/mol. The Hall–Kier alpha value is -1.65. The SMILES string of the molecule is CCCc1cc(NCCC(N)=O)ncn1. The van der Waals surface area contributed by atoms with Gasteiger partial charge in [-0.2, -0.15) is 0 Å². The lowest BCUT2D eigenvalue weighted by Crippen LogP contribution is -2.16. The maximum absolute atomic E-state index is 10.5. The van der Waals surface area contributed by atoms with Crippen LogP contribution in [0.4, 0.5) is 5.82 Å². The second-order valence-corrected chi connectivity index (χ2v) is 3.29. The Kier molecular flexibility index (Phi) is 4.53. The largest absolute Gasteiger partial charge is 0.370 e. The van der Waals surface area contributed by atoms with Crippen molar-refractivity contribution in [1.82, 2.24) is 9.97 Å². The van der Waals surface area contributed by atoms with Gasteiger partial charge in [-0.05, 0) is 6.42 Å². The van der Waals surface area contributed by atoms with Gasteiger partial charge in [-0.3, -0.25) is 4.79 Å². The lowest BCUT2D eigenvalue weighted by molar-refractivity contribution is -0.117. The Bertz CT molecular complexity index is 327. The molecule has 0 aliphatic rings. The molecule has 0 atom stereocenters. The Morgan fingerprint density at radius 3 is 3.00 bits per heavy atom. The molecule has 5 heteroatoms. The lowest BCUT2D eigenvalue weighted by atomic mass is 10.2. The van der Waals surface area contributed by atoms with E-state index in [4.69, 9.17) is 5.73 Å². The van der Waals surface area contributed by atoms with Gasteiger partial charge in [-0.15, -0.1) is 0 Å². The molecule has 82 valence electrons. The third-order valence-corrected chi connectivity index (χ3v) is 1.91. The third-order valence-electron chi connectivity index (χ3n) is 1.91. The number of aryl methyl sites for hydroxylation is 1. The van der Waals surface area contributed by atoms with E-state index < -0.39 is 0 Å². The van der Waals surface area contributed by atoms with Gasteiger partial charge in [0.05, 0.1) is 0 Å². The van der Waals surface area contributed by atoms with Gasteiger partial charge in [-0.1, -0.05) is 13.3 Å². The summed E-state index contributed by atoms with van der Waals surface area (Å²) >= 11 is 0. The zero-order chi connectivity index (χ0) is 11.1. The molecule has 0 aliphatic heterocycles. The highest BCUT2D eigenvalue weighted by Crippen LogP contribution is 2.05. The molecule has 0 saturated carbocycles. The summed E-state index contributed by atoms with van der Waals surface area (Å²) in [5, 5.41) is 3.02. The third kappa shape index (κ3) is 4.39. The van der Waals surface area contributed by atoms with Crippen LogP contribution in [0.25, 0.3) is 0 Å². The zero-order valence-electron chi connectivity index (χ0n) is 8.86. The van der Waals surface area contributed by atoms with Crippen molar-refractivity contribution in [3.63, 3.8) is 0 Å². The van der Waals surface area contributed by atoms with Crippen LogP contribution in [0, 0.1) is 0 Å². The molecule has 1 aromatic rings. The lowest BCUT2D eigenvalue weighted by Gasteiger charge is -2.04. The Labute approximate surface area is 89.1 Å². The fourth-order valence-electron chi connectivity index (χ4n) is 1.20. The minimum Gasteiger partial charge on any atom is -0.370 e. The van der Waals surface area contributed by atoms with Gasteiger partial charge < -0.3 is 11.1 Å². The summed E-state index contributed by atoms with van der Waals surface area (Å²) in [4.78, 5) is 18.7. The van der Waals surface area contributed by atoms with Crippen molar-refractivity contribution in [2.75, 3.05) is 11.9 Å². The number of rotatable bonds is 6. The Balaban J connectivity index is 2.46. The van der Waals surface area contributed by atoms with Crippen LogP contribution < -0.4 is 11.1 Å². The molecule has 5 nitrogen and oxygen atoms in total. The number of hydrogen-bond acceptors (Lipinski definition) is 4. The van der Waals surface area contributed by atoms with E-state index in [1.54, 1.807) is 0 Å². The number of nitrogens with one attached hydrogen (secondary N) is 1. The van der Waals surface area contributed by atoms with Crippen molar-refractivity contribution in [3.05, 3.63) is 18.1 Å². The van der Waals surface area contributed by atoms with E-state index in [-0.39, 0.29) is 5.91 Å². The molecule has 0 aliphatic carbocycles. The highest BCUT2D eigenvalue weighted by atomic mass is 16.1. The summed E-state index contributed by atoms with van der Waals surface area (Å²) in [5.41, 5.74) is 6.03. The van der Waals surface area contributed by atoms with Gasteiger partial charge in [0.15, 0.2) is 0 Å². The number of nitrogens with zero attached hydrogens (tertiary/aromatic N) is 2. The van der Waals surface area contributed by atoms with Crippen molar-refractivity contribution in [2.24, 2.45) is 5.73 Å². The molecular formula is C10H16N4O. The van der Waals surface area contributed by atoms with Crippen LogP contribution in [0.3, 0.4) is 0 Å². The molecule has 0 radical (unpaired) electrons. The van der Waals surface area contributed by atoms with Crippen LogP contribution in [0.2, 0.25) is 0 Å². The van der Waals surface area contributed by atoms with Crippen LogP contribution in [0.15, 0.2) is 12.4 Å². The number of anilines is 1. The number of hydrogen-bond donors (Lipinski definition) is 2. The highest BCUT2D eigenvalue weighted by Gasteiger charge is 1.98. The van der Waals surface area contributed by atoms with Crippen molar-refractivity contribution in [1.29, 1.82) is 0 Å². The van der Waals surface area contributed by atoms with E-state index in [0.717, 1.165) is 24.4 Å². The molecule has 0 saturated heterocycles. The number of nitrogens with two attached hydrogens (primary N) is 1. The number of carbonyl (C=O) groups excluding carboxylic acids is 1. The Morgan fingerprint density at radius 1 is 1.53 bits per heavy atom. The first-order chi connectivity index (χ1) is 7.22. The zero-order valence-corrected chi connectivity index (χ0v) is 8.86. The summed E-state index contributed by atoms with van der Waals surface area (Å²) in [6, 6.07) is 1.89. The smallest absolute Gasteiger partial charge is 0.219 e. The number of primary amides is 1. The first kappa shape index (κ1) is 11.4. The standard InChI is InChI=1S/C10H16N4O/c1-2-3-8-6-10(14-7-13-8)12-5-4-9(11)15/h6-7H,2-5H2,1H3,(H2,11,15)(H,12,13,14). The molecule has 3 N–H and O–H groups in total. The molecule has 0 spiro atoms. The minimum atomic E-state index is -0.315. The number of amides is 1.